The van der Waals surface area contributed by atoms with E-state index < -0.39 is 0 Å². The largest absolute Gasteiger partial charge is 0.337 e. The smallest absolute Gasteiger partial charge is 0.226 e. The molecule has 1 N–H and O–H groups in total. The van der Waals surface area contributed by atoms with E-state index >= 15 is 0 Å². The molecule has 0 radical (unpaired) electrons. The molecule has 2 rings (SSSR count). The van der Waals surface area contributed by atoms with Crippen molar-refractivity contribution in [3.05, 3.63) is 0 Å². The second kappa shape index (κ2) is 5.17. The van der Waals surface area contributed by atoms with E-state index in [0.717, 1.165) is 32.4 Å². The Morgan fingerprint density at radius 3 is 2.56 bits per heavy atom. The van der Waals surface area contributed by atoms with Gasteiger partial charge in [-0.25, -0.2) is 0 Å². The van der Waals surface area contributed by atoms with Gasteiger partial charge in [0, 0.05) is 18.0 Å². The minimum Gasteiger partial charge on any atom is -0.337 e. The van der Waals surface area contributed by atoms with E-state index in [-0.39, 0.29) is 5.92 Å². The molecule has 2 aliphatic rings. The van der Waals surface area contributed by atoms with Gasteiger partial charge in [0.15, 0.2) is 0 Å². The van der Waals surface area contributed by atoms with Crippen LogP contribution in [0.1, 0.15) is 46.0 Å². The van der Waals surface area contributed by atoms with Gasteiger partial charge in [0.1, 0.15) is 0 Å². The standard InChI is InChI=1S/C13H24N2O/c1-3-12-5-4-10(2)15(12)13(16)11-6-8-14-9-7-11/h10-12,14H,3-9H2,1-2H3. The van der Waals surface area contributed by atoms with Crippen LogP contribution >= 0.6 is 0 Å². The maximum Gasteiger partial charge on any atom is 0.226 e. The average molecular weight is 224 g/mol. The lowest BCUT2D eigenvalue weighted by Crippen LogP contribution is -2.45. The van der Waals surface area contributed by atoms with E-state index in [2.05, 4.69) is 24.1 Å². The van der Waals surface area contributed by atoms with Crippen LogP contribution in [-0.4, -0.2) is 36.0 Å². The Hall–Kier alpha value is -0.570. The summed E-state index contributed by atoms with van der Waals surface area (Å²) in [5, 5.41) is 3.33. The Bertz CT molecular complexity index is 248. The van der Waals surface area contributed by atoms with Crippen molar-refractivity contribution in [1.82, 2.24) is 10.2 Å². The maximum absolute atomic E-state index is 12.5. The molecule has 0 saturated carbocycles. The normalized spacial score (nSPS) is 32.0. The van der Waals surface area contributed by atoms with Gasteiger partial charge in [-0.3, -0.25) is 4.79 Å². The summed E-state index contributed by atoms with van der Waals surface area (Å²) in [6.07, 6.45) is 5.56. The van der Waals surface area contributed by atoms with Crippen molar-refractivity contribution in [3.63, 3.8) is 0 Å². The fourth-order valence-corrected chi connectivity index (χ4v) is 3.15. The van der Waals surface area contributed by atoms with Gasteiger partial charge in [-0.1, -0.05) is 6.92 Å². The highest BCUT2D eigenvalue weighted by atomic mass is 16.2. The van der Waals surface area contributed by atoms with Crippen LogP contribution in [-0.2, 0) is 4.79 Å². The molecule has 2 heterocycles. The Kier molecular flexibility index (Phi) is 3.85. The molecule has 92 valence electrons. The van der Waals surface area contributed by atoms with Crippen LogP contribution in [0.4, 0.5) is 0 Å². The van der Waals surface area contributed by atoms with E-state index in [1.165, 1.54) is 12.8 Å². The molecule has 0 bridgehead atoms. The third-order valence-corrected chi connectivity index (χ3v) is 4.20. The predicted molar refractivity (Wildman–Crippen MR) is 65.2 cm³/mol. The summed E-state index contributed by atoms with van der Waals surface area (Å²) < 4.78 is 0. The number of carbonyl (C=O) groups is 1. The van der Waals surface area contributed by atoms with Gasteiger partial charge in [0.25, 0.3) is 0 Å². The van der Waals surface area contributed by atoms with Crippen molar-refractivity contribution in [2.75, 3.05) is 13.1 Å². The third-order valence-electron chi connectivity index (χ3n) is 4.20. The zero-order chi connectivity index (χ0) is 11.5. The van der Waals surface area contributed by atoms with Crippen molar-refractivity contribution in [3.8, 4) is 0 Å². The van der Waals surface area contributed by atoms with Crippen molar-refractivity contribution in [2.24, 2.45) is 5.92 Å². The van der Waals surface area contributed by atoms with Crippen LogP contribution in [0.5, 0.6) is 0 Å². The molecular formula is C13H24N2O. The first kappa shape index (κ1) is 11.9. The fourth-order valence-electron chi connectivity index (χ4n) is 3.15. The summed E-state index contributed by atoms with van der Waals surface area (Å²) in [6, 6.07) is 0.977. The molecule has 0 aliphatic carbocycles. The summed E-state index contributed by atoms with van der Waals surface area (Å²) in [4.78, 5) is 14.7. The number of piperidine rings is 1. The minimum absolute atomic E-state index is 0.288. The Balaban J connectivity index is 2.01. The van der Waals surface area contributed by atoms with E-state index in [0.29, 0.717) is 18.0 Å². The van der Waals surface area contributed by atoms with Crippen molar-refractivity contribution in [2.45, 2.75) is 58.0 Å². The minimum atomic E-state index is 0.288. The number of hydrogen-bond donors (Lipinski definition) is 1. The molecule has 0 aromatic rings. The van der Waals surface area contributed by atoms with Crippen LogP contribution in [0.3, 0.4) is 0 Å². The molecule has 2 unspecified atom stereocenters. The second-order valence-electron chi connectivity index (χ2n) is 5.26. The number of likely N-dealkylation sites (tertiary alicyclic amines) is 1. The lowest BCUT2D eigenvalue weighted by Gasteiger charge is -2.33. The quantitative estimate of drug-likeness (QED) is 0.775. The third kappa shape index (κ3) is 2.24. The van der Waals surface area contributed by atoms with Crippen LogP contribution < -0.4 is 5.32 Å². The number of hydrogen-bond acceptors (Lipinski definition) is 2. The van der Waals surface area contributed by atoms with E-state index in [4.69, 9.17) is 0 Å². The molecule has 0 aromatic heterocycles. The zero-order valence-corrected chi connectivity index (χ0v) is 10.5. The summed E-state index contributed by atoms with van der Waals surface area (Å²) in [7, 11) is 0. The molecule has 2 aliphatic heterocycles. The van der Waals surface area contributed by atoms with Crippen LogP contribution in [0.25, 0.3) is 0 Å². The van der Waals surface area contributed by atoms with Crippen molar-refractivity contribution < 1.29 is 4.79 Å². The Morgan fingerprint density at radius 1 is 1.25 bits per heavy atom. The lowest BCUT2D eigenvalue weighted by molar-refractivity contribution is -0.139. The maximum atomic E-state index is 12.5. The van der Waals surface area contributed by atoms with Crippen LogP contribution in [0, 0.1) is 5.92 Å². The SMILES string of the molecule is CCC1CCC(C)N1C(=O)C1CCNCC1. The molecular weight excluding hydrogens is 200 g/mol. The van der Waals surface area contributed by atoms with Gasteiger partial charge in [-0.15, -0.1) is 0 Å². The zero-order valence-electron chi connectivity index (χ0n) is 10.5. The number of nitrogens with zero attached hydrogens (tertiary/aromatic N) is 1. The Morgan fingerprint density at radius 2 is 1.94 bits per heavy atom. The monoisotopic (exact) mass is 224 g/mol. The van der Waals surface area contributed by atoms with Crippen molar-refractivity contribution in [1.29, 1.82) is 0 Å². The number of carbonyl (C=O) groups excluding carboxylic acids is 1. The molecule has 0 aromatic carbocycles. The van der Waals surface area contributed by atoms with E-state index in [1.54, 1.807) is 0 Å². The predicted octanol–water partition coefficient (Wildman–Crippen LogP) is 1.78. The summed E-state index contributed by atoms with van der Waals surface area (Å²) in [5.41, 5.74) is 0. The summed E-state index contributed by atoms with van der Waals surface area (Å²) in [6.45, 7) is 6.42. The van der Waals surface area contributed by atoms with Gasteiger partial charge >= 0.3 is 0 Å². The first-order chi connectivity index (χ1) is 7.74. The summed E-state index contributed by atoms with van der Waals surface area (Å²) in [5.74, 6) is 0.717. The van der Waals surface area contributed by atoms with Gasteiger partial charge in [-0.2, -0.15) is 0 Å². The molecule has 2 saturated heterocycles. The van der Waals surface area contributed by atoms with Crippen LogP contribution in [0.2, 0.25) is 0 Å². The van der Waals surface area contributed by atoms with Gasteiger partial charge in [-0.05, 0) is 52.1 Å². The van der Waals surface area contributed by atoms with Crippen LogP contribution in [0.15, 0.2) is 0 Å². The highest BCUT2D eigenvalue weighted by Crippen LogP contribution is 2.29. The Labute approximate surface area is 98.6 Å². The van der Waals surface area contributed by atoms with E-state index in [1.807, 2.05) is 0 Å². The molecule has 3 heteroatoms. The number of nitrogens with one attached hydrogen (secondary N) is 1. The molecule has 16 heavy (non-hydrogen) atoms. The molecule has 3 nitrogen and oxygen atoms in total. The molecule has 0 spiro atoms. The fraction of sp³-hybridized carbons (Fsp3) is 0.923. The molecule has 1 amide bonds. The lowest BCUT2D eigenvalue weighted by atomic mass is 9.95. The second-order valence-corrected chi connectivity index (χ2v) is 5.26. The molecule has 2 atom stereocenters. The average Bonchev–Trinajstić information content (AvgIpc) is 2.70. The summed E-state index contributed by atoms with van der Waals surface area (Å²) >= 11 is 0. The number of amides is 1. The van der Waals surface area contributed by atoms with Gasteiger partial charge < -0.3 is 10.2 Å². The van der Waals surface area contributed by atoms with Gasteiger partial charge in [0.2, 0.25) is 5.91 Å². The first-order valence-electron chi connectivity index (χ1n) is 6.77. The van der Waals surface area contributed by atoms with E-state index in [9.17, 15) is 4.79 Å². The highest BCUT2D eigenvalue weighted by molar-refractivity contribution is 5.80. The topological polar surface area (TPSA) is 32.3 Å². The number of rotatable bonds is 2. The van der Waals surface area contributed by atoms with Crippen molar-refractivity contribution >= 4 is 5.91 Å². The molecule has 2 fully saturated rings. The highest BCUT2D eigenvalue weighted by Gasteiger charge is 2.36. The first-order valence-corrected chi connectivity index (χ1v) is 6.77. The van der Waals surface area contributed by atoms with Gasteiger partial charge in [0.05, 0.1) is 0 Å².